The van der Waals surface area contributed by atoms with Gasteiger partial charge in [0.25, 0.3) is 0 Å². The van der Waals surface area contributed by atoms with Crippen molar-refractivity contribution in [1.29, 1.82) is 0 Å². The lowest BCUT2D eigenvalue weighted by atomic mass is 9.81. The Morgan fingerprint density at radius 2 is 1.88 bits per heavy atom. The second kappa shape index (κ2) is 9.90. The summed E-state index contributed by atoms with van der Waals surface area (Å²) >= 11 is 0. The zero-order valence-corrected chi connectivity index (χ0v) is 15.9. The lowest BCUT2D eigenvalue weighted by Gasteiger charge is -2.34. The zero-order chi connectivity index (χ0) is 16.7. The summed E-state index contributed by atoms with van der Waals surface area (Å²) in [5.74, 6) is 1.42. The maximum Gasteiger partial charge on any atom is 0.223 e. The van der Waals surface area contributed by atoms with Gasteiger partial charge in [0.1, 0.15) is 5.75 Å². The van der Waals surface area contributed by atoms with Crippen LogP contribution in [-0.2, 0) is 4.79 Å². The van der Waals surface area contributed by atoms with Gasteiger partial charge in [-0.15, -0.1) is 12.4 Å². The number of ether oxygens (including phenoxy) is 1. The van der Waals surface area contributed by atoms with E-state index in [0.29, 0.717) is 18.9 Å². The molecule has 1 saturated heterocycles. The van der Waals surface area contributed by atoms with Gasteiger partial charge in [-0.3, -0.25) is 4.79 Å². The smallest absolute Gasteiger partial charge is 0.223 e. The van der Waals surface area contributed by atoms with Crippen LogP contribution >= 0.6 is 12.4 Å². The fourth-order valence-corrected chi connectivity index (χ4v) is 2.82. The molecule has 0 radical (unpaired) electrons. The quantitative estimate of drug-likeness (QED) is 0.787. The predicted molar refractivity (Wildman–Crippen MR) is 101 cm³/mol. The number of rotatable bonds is 7. The van der Waals surface area contributed by atoms with E-state index in [1.165, 1.54) is 5.56 Å². The SMILES string of the molecule is CC(C)c1ccc(OCCC(=O)NCC2(C)CCNCC2)cc1.Cl. The van der Waals surface area contributed by atoms with Gasteiger partial charge in [-0.25, -0.2) is 0 Å². The predicted octanol–water partition coefficient (Wildman–Crippen LogP) is 3.51. The summed E-state index contributed by atoms with van der Waals surface area (Å²) in [6.07, 6.45) is 2.64. The molecular formula is C19H31ClN2O2. The Bertz CT molecular complexity index is 497. The van der Waals surface area contributed by atoms with Crippen LogP contribution in [0.4, 0.5) is 0 Å². The van der Waals surface area contributed by atoms with Crippen LogP contribution < -0.4 is 15.4 Å². The normalized spacial score (nSPS) is 16.3. The molecule has 24 heavy (non-hydrogen) atoms. The van der Waals surface area contributed by atoms with Gasteiger partial charge in [-0.1, -0.05) is 32.9 Å². The molecule has 0 aromatic heterocycles. The van der Waals surface area contributed by atoms with E-state index in [9.17, 15) is 4.79 Å². The van der Waals surface area contributed by atoms with Crippen LogP contribution in [0.15, 0.2) is 24.3 Å². The molecule has 0 atom stereocenters. The number of carbonyl (C=O) groups excluding carboxylic acids is 1. The van der Waals surface area contributed by atoms with Crippen LogP contribution in [0, 0.1) is 5.41 Å². The van der Waals surface area contributed by atoms with Gasteiger partial charge >= 0.3 is 0 Å². The van der Waals surface area contributed by atoms with Crippen LogP contribution in [0.5, 0.6) is 5.75 Å². The standard InChI is InChI=1S/C19H30N2O2.ClH/c1-15(2)16-4-6-17(7-5-16)23-13-8-18(22)21-14-19(3)9-11-20-12-10-19;/h4-7,15,20H,8-14H2,1-3H3,(H,21,22);1H. The van der Waals surface area contributed by atoms with Gasteiger partial charge in [-0.2, -0.15) is 0 Å². The Hall–Kier alpha value is -1.26. The number of halogens is 1. The minimum Gasteiger partial charge on any atom is -0.493 e. The summed E-state index contributed by atoms with van der Waals surface area (Å²) in [6.45, 7) is 9.86. The van der Waals surface area contributed by atoms with E-state index in [1.54, 1.807) is 0 Å². The third kappa shape index (κ3) is 6.70. The Morgan fingerprint density at radius 3 is 2.46 bits per heavy atom. The average Bonchev–Trinajstić information content (AvgIpc) is 2.54. The monoisotopic (exact) mass is 354 g/mol. The van der Waals surface area contributed by atoms with Gasteiger partial charge in [0, 0.05) is 6.54 Å². The Balaban J connectivity index is 0.00000288. The molecule has 0 aliphatic carbocycles. The van der Waals surface area contributed by atoms with Gasteiger partial charge in [-0.05, 0) is 55.0 Å². The molecule has 0 bridgehead atoms. The molecule has 2 N–H and O–H groups in total. The first-order valence-electron chi connectivity index (χ1n) is 8.69. The van der Waals surface area contributed by atoms with Crippen molar-refractivity contribution < 1.29 is 9.53 Å². The van der Waals surface area contributed by atoms with Gasteiger partial charge in [0.15, 0.2) is 0 Å². The summed E-state index contributed by atoms with van der Waals surface area (Å²) in [5, 5.41) is 6.41. The Labute approximate surface area is 152 Å². The number of amides is 1. The summed E-state index contributed by atoms with van der Waals surface area (Å²) in [6, 6.07) is 8.11. The fourth-order valence-electron chi connectivity index (χ4n) is 2.82. The first kappa shape index (κ1) is 20.8. The first-order chi connectivity index (χ1) is 11.0. The van der Waals surface area contributed by atoms with E-state index in [-0.39, 0.29) is 23.7 Å². The number of hydrogen-bond donors (Lipinski definition) is 2. The minimum absolute atomic E-state index is 0. The van der Waals surface area contributed by atoms with Gasteiger partial charge < -0.3 is 15.4 Å². The summed E-state index contributed by atoms with van der Waals surface area (Å²) < 4.78 is 5.66. The van der Waals surface area contributed by atoms with E-state index in [2.05, 4.69) is 43.5 Å². The minimum atomic E-state index is 0. The fraction of sp³-hybridized carbons (Fsp3) is 0.632. The van der Waals surface area contributed by atoms with E-state index in [1.807, 2.05) is 12.1 Å². The maximum atomic E-state index is 12.0. The van der Waals surface area contributed by atoms with Crippen molar-refractivity contribution in [3.63, 3.8) is 0 Å². The zero-order valence-electron chi connectivity index (χ0n) is 15.1. The van der Waals surface area contributed by atoms with Crippen molar-refractivity contribution in [2.45, 2.75) is 46.0 Å². The number of nitrogens with one attached hydrogen (secondary N) is 2. The number of hydrogen-bond acceptors (Lipinski definition) is 3. The van der Waals surface area contributed by atoms with E-state index >= 15 is 0 Å². The second-order valence-electron chi connectivity index (χ2n) is 7.16. The molecule has 1 aliphatic heterocycles. The highest BCUT2D eigenvalue weighted by atomic mass is 35.5. The number of piperidine rings is 1. The molecule has 1 heterocycles. The average molecular weight is 355 g/mol. The van der Waals surface area contributed by atoms with Crippen molar-refractivity contribution in [3.8, 4) is 5.75 Å². The molecule has 0 spiro atoms. The van der Waals surface area contributed by atoms with E-state index in [4.69, 9.17) is 4.74 Å². The Morgan fingerprint density at radius 1 is 1.25 bits per heavy atom. The van der Waals surface area contributed by atoms with Crippen molar-refractivity contribution in [2.75, 3.05) is 26.2 Å². The highest BCUT2D eigenvalue weighted by molar-refractivity contribution is 5.85. The van der Waals surface area contributed by atoms with Crippen molar-refractivity contribution in [2.24, 2.45) is 5.41 Å². The molecule has 4 nitrogen and oxygen atoms in total. The molecule has 5 heteroatoms. The molecule has 2 rings (SSSR count). The molecule has 0 saturated carbocycles. The van der Waals surface area contributed by atoms with Crippen molar-refractivity contribution >= 4 is 18.3 Å². The first-order valence-corrected chi connectivity index (χ1v) is 8.69. The molecule has 0 unspecified atom stereocenters. The lowest BCUT2D eigenvalue weighted by Crippen LogP contribution is -2.43. The number of carbonyl (C=O) groups is 1. The summed E-state index contributed by atoms with van der Waals surface area (Å²) in [7, 11) is 0. The summed E-state index contributed by atoms with van der Waals surface area (Å²) in [5.41, 5.74) is 1.53. The van der Waals surface area contributed by atoms with Crippen molar-refractivity contribution in [1.82, 2.24) is 10.6 Å². The summed E-state index contributed by atoms with van der Waals surface area (Å²) in [4.78, 5) is 12.0. The van der Waals surface area contributed by atoms with Crippen LogP contribution in [0.25, 0.3) is 0 Å². The van der Waals surface area contributed by atoms with Crippen LogP contribution in [0.1, 0.15) is 51.5 Å². The molecular weight excluding hydrogens is 324 g/mol. The molecule has 136 valence electrons. The van der Waals surface area contributed by atoms with Gasteiger partial charge in [0.2, 0.25) is 5.91 Å². The van der Waals surface area contributed by atoms with E-state index in [0.717, 1.165) is 38.2 Å². The van der Waals surface area contributed by atoms with Crippen LogP contribution in [0.3, 0.4) is 0 Å². The van der Waals surface area contributed by atoms with Crippen molar-refractivity contribution in [3.05, 3.63) is 29.8 Å². The van der Waals surface area contributed by atoms with Crippen LogP contribution in [0.2, 0.25) is 0 Å². The highest BCUT2D eigenvalue weighted by Gasteiger charge is 2.26. The topological polar surface area (TPSA) is 50.4 Å². The third-order valence-electron chi connectivity index (χ3n) is 4.67. The molecule has 1 amide bonds. The lowest BCUT2D eigenvalue weighted by molar-refractivity contribution is -0.122. The number of benzene rings is 1. The molecule has 1 fully saturated rings. The van der Waals surface area contributed by atoms with E-state index < -0.39 is 0 Å². The maximum absolute atomic E-state index is 12.0. The van der Waals surface area contributed by atoms with Gasteiger partial charge in [0.05, 0.1) is 13.0 Å². The second-order valence-corrected chi connectivity index (χ2v) is 7.16. The highest BCUT2D eigenvalue weighted by Crippen LogP contribution is 2.26. The molecule has 1 aliphatic rings. The third-order valence-corrected chi connectivity index (χ3v) is 4.67. The van der Waals surface area contributed by atoms with Crippen LogP contribution in [-0.4, -0.2) is 32.1 Å². The Kier molecular flexibility index (Phi) is 8.57. The molecule has 1 aromatic carbocycles. The molecule has 1 aromatic rings. The largest absolute Gasteiger partial charge is 0.493 e.